The third-order valence-corrected chi connectivity index (χ3v) is 2.59. The number of hydrogen-bond acceptors (Lipinski definition) is 5. The molecule has 1 atom stereocenters. The van der Waals surface area contributed by atoms with Crippen molar-refractivity contribution in [2.24, 2.45) is 5.73 Å². The van der Waals surface area contributed by atoms with Crippen LogP contribution in [0.2, 0.25) is 0 Å². The average Bonchev–Trinajstić information content (AvgIpc) is 2.83. The molecule has 5 nitrogen and oxygen atoms in total. The van der Waals surface area contributed by atoms with E-state index in [2.05, 4.69) is 10.1 Å². The summed E-state index contributed by atoms with van der Waals surface area (Å²) in [6.45, 7) is 0.308. The second-order valence-corrected chi connectivity index (χ2v) is 3.97. The summed E-state index contributed by atoms with van der Waals surface area (Å²) in [5.41, 5.74) is 5.69. The Balaban J connectivity index is 2.20. The van der Waals surface area contributed by atoms with Gasteiger partial charge in [0.1, 0.15) is 11.6 Å². The number of halogens is 2. The van der Waals surface area contributed by atoms with E-state index in [0.29, 0.717) is 18.9 Å². The summed E-state index contributed by atoms with van der Waals surface area (Å²) in [6.07, 6.45) is 0.107. The van der Waals surface area contributed by atoms with Crippen molar-refractivity contribution < 1.29 is 18.0 Å². The number of methoxy groups -OCH3 is 1. The molecule has 0 aliphatic heterocycles. The van der Waals surface area contributed by atoms with Crippen LogP contribution in [-0.4, -0.2) is 29.9 Å². The predicted molar refractivity (Wildman–Crippen MR) is 63.2 cm³/mol. The summed E-state index contributed by atoms with van der Waals surface area (Å²) < 4.78 is 36.2. The van der Waals surface area contributed by atoms with Gasteiger partial charge in [-0.2, -0.15) is 4.98 Å². The second-order valence-electron chi connectivity index (χ2n) is 3.97. The lowest BCUT2D eigenvalue weighted by atomic mass is 10.2. The van der Waals surface area contributed by atoms with Crippen LogP contribution in [0.5, 0.6) is 0 Å². The number of aromatic nitrogens is 2. The number of ether oxygens (including phenoxy) is 1. The fraction of sp³-hybridized carbons (Fsp3) is 0.333. The number of rotatable bonds is 5. The molecule has 0 spiro atoms. The molecule has 0 fully saturated rings. The molecule has 1 aromatic carbocycles. The van der Waals surface area contributed by atoms with Crippen molar-refractivity contribution >= 4 is 0 Å². The highest BCUT2D eigenvalue weighted by atomic mass is 19.1. The molecule has 2 N–H and O–H groups in total. The van der Waals surface area contributed by atoms with E-state index in [1.54, 1.807) is 0 Å². The first-order valence-electron chi connectivity index (χ1n) is 5.64. The van der Waals surface area contributed by atoms with Gasteiger partial charge < -0.3 is 15.0 Å². The first kappa shape index (κ1) is 13.6. The van der Waals surface area contributed by atoms with Crippen LogP contribution in [0.15, 0.2) is 22.7 Å². The molecule has 0 aliphatic carbocycles. The molecule has 2 rings (SSSR count). The van der Waals surface area contributed by atoms with Crippen molar-refractivity contribution in [3.8, 4) is 11.4 Å². The second kappa shape index (κ2) is 5.85. The minimum atomic E-state index is -0.696. The molecule has 0 saturated carbocycles. The summed E-state index contributed by atoms with van der Waals surface area (Å²) in [7, 11) is 1.52. The van der Waals surface area contributed by atoms with E-state index in [1.165, 1.54) is 7.11 Å². The lowest BCUT2D eigenvalue weighted by molar-refractivity contribution is 0.102. The third kappa shape index (κ3) is 3.33. The van der Waals surface area contributed by atoms with Crippen molar-refractivity contribution in [2.75, 3.05) is 13.7 Å². The molecule has 0 radical (unpaired) electrons. The Labute approximate surface area is 108 Å². The van der Waals surface area contributed by atoms with Crippen molar-refractivity contribution in [1.29, 1.82) is 0 Å². The van der Waals surface area contributed by atoms with Gasteiger partial charge in [-0.15, -0.1) is 0 Å². The Kier molecular flexibility index (Phi) is 4.18. The molecule has 7 heteroatoms. The van der Waals surface area contributed by atoms with Crippen LogP contribution < -0.4 is 5.73 Å². The standard InChI is InChI=1S/C12H13F2N3O2/c1-18-10(6-15)5-11-16-12(17-19-11)7-2-8(13)4-9(14)3-7/h2-4,10H,5-6,15H2,1H3. The molecular weight excluding hydrogens is 256 g/mol. The van der Waals surface area contributed by atoms with Crippen LogP contribution in [0.1, 0.15) is 5.89 Å². The fourth-order valence-corrected chi connectivity index (χ4v) is 1.60. The van der Waals surface area contributed by atoms with E-state index in [1.807, 2.05) is 0 Å². The lowest BCUT2D eigenvalue weighted by Crippen LogP contribution is -2.24. The summed E-state index contributed by atoms with van der Waals surface area (Å²) in [5, 5.41) is 3.67. The van der Waals surface area contributed by atoms with Crippen molar-refractivity contribution in [3.05, 3.63) is 35.7 Å². The molecule has 1 heterocycles. The lowest BCUT2D eigenvalue weighted by Gasteiger charge is -2.08. The molecule has 0 bridgehead atoms. The van der Waals surface area contributed by atoms with Crippen molar-refractivity contribution in [1.82, 2.24) is 10.1 Å². The van der Waals surface area contributed by atoms with Crippen LogP contribution in [0, 0.1) is 11.6 Å². The van der Waals surface area contributed by atoms with Gasteiger partial charge in [0.05, 0.1) is 12.5 Å². The van der Waals surface area contributed by atoms with E-state index >= 15 is 0 Å². The van der Waals surface area contributed by atoms with Gasteiger partial charge >= 0.3 is 0 Å². The quantitative estimate of drug-likeness (QED) is 0.891. The number of nitrogens with two attached hydrogens (primary N) is 1. The van der Waals surface area contributed by atoms with E-state index < -0.39 is 11.6 Å². The molecule has 1 unspecified atom stereocenters. The van der Waals surface area contributed by atoms with Crippen LogP contribution >= 0.6 is 0 Å². The maximum Gasteiger partial charge on any atom is 0.229 e. The third-order valence-electron chi connectivity index (χ3n) is 2.59. The smallest absolute Gasteiger partial charge is 0.229 e. The number of nitrogens with zero attached hydrogens (tertiary/aromatic N) is 2. The zero-order chi connectivity index (χ0) is 13.8. The first-order valence-corrected chi connectivity index (χ1v) is 5.64. The Hall–Kier alpha value is -1.86. The van der Waals surface area contributed by atoms with E-state index in [-0.39, 0.29) is 17.5 Å². The molecule has 102 valence electrons. The van der Waals surface area contributed by atoms with Crippen molar-refractivity contribution in [2.45, 2.75) is 12.5 Å². The highest BCUT2D eigenvalue weighted by molar-refractivity contribution is 5.54. The maximum absolute atomic E-state index is 13.1. The number of benzene rings is 1. The zero-order valence-corrected chi connectivity index (χ0v) is 10.3. The van der Waals surface area contributed by atoms with Crippen molar-refractivity contribution in [3.63, 3.8) is 0 Å². The average molecular weight is 269 g/mol. The number of hydrogen-bond donors (Lipinski definition) is 1. The molecule has 19 heavy (non-hydrogen) atoms. The Morgan fingerprint density at radius 2 is 2.00 bits per heavy atom. The van der Waals surface area contributed by atoms with Crippen LogP contribution in [0.4, 0.5) is 8.78 Å². The largest absolute Gasteiger partial charge is 0.380 e. The Bertz CT molecular complexity index is 535. The molecule has 0 aliphatic rings. The maximum atomic E-state index is 13.1. The summed E-state index contributed by atoms with van der Waals surface area (Å²) in [6, 6.07) is 3.04. The SMILES string of the molecule is COC(CN)Cc1nc(-c2cc(F)cc(F)c2)no1. The minimum Gasteiger partial charge on any atom is -0.380 e. The van der Waals surface area contributed by atoms with E-state index in [4.69, 9.17) is 15.0 Å². The molecule has 0 amide bonds. The van der Waals surface area contributed by atoms with E-state index in [0.717, 1.165) is 18.2 Å². The minimum absolute atomic E-state index is 0.125. The molecular formula is C12H13F2N3O2. The predicted octanol–water partition coefficient (Wildman–Crippen LogP) is 1.53. The zero-order valence-electron chi connectivity index (χ0n) is 10.3. The summed E-state index contributed by atoms with van der Waals surface area (Å²) in [5.74, 6) is -0.964. The van der Waals surface area contributed by atoms with E-state index in [9.17, 15) is 8.78 Å². The van der Waals surface area contributed by atoms with Crippen LogP contribution in [-0.2, 0) is 11.2 Å². The molecule has 1 aromatic heterocycles. The van der Waals surface area contributed by atoms with Gasteiger partial charge in [0.2, 0.25) is 11.7 Å². The summed E-state index contributed by atoms with van der Waals surface area (Å²) >= 11 is 0. The summed E-state index contributed by atoms with van der Waals surface area (Å²) in [4.78, 5) is 4.05. The van der Waals surface area contributed by atoms with Gasteiger partial charge in [-0.05, 0) is 12.1 Å². The van der Waals surface area contributed by atoms with Gasteiger partial charge in [0.25, 0.3) is 0 Å². The normalized spacial score (nSPS) is 12.6. The Morgan fingerprint density at radius 3 is 2.58 bits per heavy atom. The monoisotopic (exact) mass is 269 g/mol. The highest BCUT2D eigenvalue weighted by Gasteiger charge is 2.14. The fourth-order valence-electron chi connectivity index (χ4n) is 1.60. The van der Waals surface area contributed by atoms with Gasteiger partial charge in [0, 0.05) is 25.3 Å². The Morgan fingerprint density at radius 1 is 1.32 bits per heavy atom. The van der Waals surface area contributed by atoms with Gasteiger partial charge in [-0.25, -0.2) is 8.78 Å². The van der Waals surface area contributed by atoms with Crippen LogP contribution in [0.3, 0.4) is 0 Å². The first-order chi connectivity index (χ1) is 9.12. The van der Waals surface area contributed by atoms with Gasteiger partial charge in [-0.3, -0.25) is 0 Å². The van der Waals surface area contributed by atoms with Gasteiger partial charge in [0.15, 0.2) is 0 Å². The topological polar surface area (TPSA) is 74.2 Å². The molecule has 2 aromatic rings. The van der Waals surface area contributed by atoms with Crippen LogP contribution in [0.25, 0.3) is 11.4 Å². The van der Waals surface area contributed by atoms with Gasteiger partial charge in [-0.1, -0.05) is 5.16 Å². The highest BCUT2D eigenvalue weighted by Crippen LogP contribution is 2.19. The molecule has 0 saturated heterocycles.